The number of amides is 2. The van der Waals surface area contributed by atoms with Gasteiger partial charge in [0.25, 0.3) is 11.8 Å². The predicted octanol–water partition coefficient (Wildman–Crippen LogP) is 2.21. The van der Waals surface area contributed by atoms with E-state index in [0.717, 1.165) is 11.4 Å². The smallest absolute Gasteiger partial charge is 0.291 e. The molecule has 0 aliphatic carbocycles. The molecule has 2 amide bonds. The van der Waals surface area contributed by atoms with Crippen molar-refractivity contribution in [1.82, 2.24) is 15.7 Å². The molecule has 1 fully saturated rings. The SMILES string of the molecule is CC(C)C1=NC(N2CCC3(CC2)Oc2ccc(-c4ccc(C(=O)N[C@@H](CO)C(N)=O)cc4)cc2CC3(F)F)ON1. The summed E-state index contributed by atoms with van der Waals surface area (Å²) in [7, 11) is 0. The third-order valence-electron chi connectivity index (χ3n) is 7.74. The Hall–Kier alpha value is -3.61. The zero-order chi connectivity index (χ0) is 28.7. The van der Waals surface area contributed by atoms with Gasteiger partial charge in [0.15, 0.2) is 5.60 Å². The van der Waals surface area contributed by atoms with Gasteiger partial charge in [-0.15, -0.1) is 0 Å². The zero-order valence-corrected chi connectivity index (χ0v) is 22.3. The monoisotopic (exact) mass is 557 g/mol. The first-order valence-corrected chi connectivity index (χ1v) is 13.3. The lowest BCUT2D eigenvalue weighted by molar-refractivity contribution is -0.205. The van der Waals surface area contributed by atoms with Crippen molar-refractivity contribution in [1.29, 1.82) is 0 Å². The van der Waals surface area contributed by atoms with Crippen LogP contribution in [0.1, 0.15) is 42.6 Å². The highest BCUT2D eigenvalue weighted by molar-refractivity contribution is 5.97. The number of aliphatic hydroxyl groups is 1. The lowest BCUT2D eigenvalue weighted by atomic mass is 9.79. The molecule has 2 aromatic carbocycles. The van der Waals surface area contributed by atoms with Crippen LogP contribution in [0.15, 0.2) is 47.5 Å². The number of ether oxygens (including phenoxy) is 1. The second-order valence-electron chi connectivity index (χ2n) is 10.7. The highest BCUT2D eigenvalue weighted by Crippen LogP contribution is 2.49. The van der Waals surface area contributed by atoms with E-state index in [9.17, 15) is 14.7 Å². The molecule has 5 N–H and O–H groups in total. The molecule has 0 bridgehead atoms. The number of nitrogens with zero attached hydrogens (tertiary/aromatic N) is 2. The van der Waals surface area contributed by atoms with Crippen molar-refractivity contribution in [2.24, 2.45) is 16.6 Å². The molecule has 12 heteroatoms. The van der Waals surface area contributed by atoms with E-state index in [1.165, 1.54) is 0 Å². The quantitative estimate of drug-likeness (QED) is 0.410. The number of hydrogen-bond donors (Lipinski definition) is 4. The number of carbonyl (C=O) groups excluding carboxylic acids is 2. The highest BCUT2D eigenvalue weighted by Gasteiger charge is 2.60. The maximum absolute atomic E-state index is 15.7. The minimum absolute atomic E-state index is 0.143. The van der Waals surface area contributed by atoms with Crippen LogP contribution in [0, 0.1) is 5.92 Å². The van der Waals surface area contributed by atoms with E-state index in [4.69, 9.17) is 15.3 Å². The summed E-state index contributed by atoms with van der Waals surface area (Å²) in [5.41, 5.74) is 8.47. The van der Waals surface area contributed by atoms with Crippen LogP contribution in [0.5, 0.6) is 5.75 Å². The van der Waals surface area contributed by atoms with E-state index in [1.54, 1.807) is 42.5 Å². The number of amidine groups is 1. The van der Waals surface area contributed by atoms with E-state index in [2.05, 4.69) is 15.8 Å². The Kier molecular flexibility index (Phi) is 7.51. The number of fused-ring (bicyclic) bond motifs is 1. The number of primary amides is 1. The summed E-state index contributed by atoms with van der Waals surface area (Å²) in [5.74, 6) is -3.12. The number of hydrogen-bond acceptors (Lipinski definition) is 8. The van der Waals surface area contributed by atoms with Crippen molar-refractivity contribution in [3.63, 3.8) is 0 Å². The number of rotatable bonds is 7. The fraction of sp³-hybridized carbons (Fsp3) is 0.464. The molecular weight excluding hydrogens is 524 g/mol. The summed E-state index contributed by atoms with van der Waals surface area (Å²) in [5, 5.41) is 11.6. The molecule has 5 rings (SSSR count). The maximum atomic E-state index is 15.7. The molecule has 0 saturated carbocycles. The van der Waals surface area contributed by atoms with Crippen LogP contribution in [-0.2, 0) is 16.1 Å². The summed E-state index contributed by atoms with van der Waals surface area (Å²) in [4.78, 5) is 35.6. The third kappa shape index (κ3) is 5.26. The number of alkyl halides is 2. The molecule has 1 spiro atoms. The highest BCUT2D eigenvalue weighted by atomic mass is 19.3. The topological polar surface area (TPSA) is 139 Å². The van der Waals surface area contributed by atoms with Gasteiger partial charge in [0, 0.05) is 49.4 Å². The van der Waals surface area contributed by atoms with E-state index in [0.29, 0.717) is 30.0 Å². The number of halogens is 2. The second-order valence-corrected chi connectivity index (χ2v) is 10.7. The Morgan fingerprint density at radius 1 is 1.18 bits per heavy atom. The Labute approximate surface area is 230 Å². The normalized spacial score (nSPS) is 22.1. The van der Waals surface area contributed by atoms with Gasteiger partial charge in [0.05, 0.1) is 6.61 Å². The van der Waals surface area contributed by atoms with Crippen molar-refractivity contribution in [2.45, 2.75) is 57.0 Å². The van der Waals surface area contributed by atoms with Crippen LogP contribution in [-0.4, -0.2) is 71.3 Å². The van der Waals surface area contributed by atoms with Gasteiger partial charge >= 0.3 is 0 Å². The molecule has 3 aliphatic heterocycles. The molecule has 1 saturated heterocycles. The van der Waals surface area contributed by atoms with Crippen LogP contribution in [0.3, 0.4) is 0 Å². The van der Waals surface area contributed by atoms with Crippen molar-refractivity contribution in [2.75, 3.05) is 19.7 Å². The number of carbonyl (C=O) groups is 2. The van der Waals surface area contributed by atoms with Crippen LogP contribution in [0.2, 0.25) is 0 Å². The minimum atomic E-state index is -3.07. The fourth-order valence-electron chi connectivity index (χ4n) is 5.23. The molecule has 40 heavy (non-hydrogen) atoms. The lowest BCUT2D eigenvalue weighted by Gasteiger charge is -2.49. The number of aliphatic imine (C=N–C) groups is 1. The van der Waals surface area contributed by atoms with Crippen LogP contribution >= 0.6 is 0 Å². The Bertz CT molecular complexity index is 1310. The van der Waals surface area contributed by atoms with Crippen molar-refractivity contribution >= 4 is 17.6 Å². The van der Waals surface area contributed by atoms with Gasteiger partial charge in [-0.2, -0.15) is 0 Å². The van der Waals surface area contributed by atoms with Gasteiger partial charge < -0.3 is 20.9 Å². The Balaban J connectivity index is 1.28. The molecule has 0 aromatic heterocycles. The molecule has 2 atom stereocenters. The minimum Gasteiger partial charge on any atom is -0.481 e. The molecule has 10 nitrogen and oxygen atoms in total. The largest absolute Gasteiger partial charge is 0.481 e. The van der Waals surface area contributed by atoms with E-state index < -0.39 is 48.8 Å². The maximum Gasteiger partial charge on any atom is 0.291 e. The Morgan fingerprint density at radius 2 is 1.85 bits per heavy atom. The summed E-state index contributed by atoms with van der Waals surface area (Å²) in [6.45, 7) is 4.11. The molecule has 1 unspecified atom stereocenters. The first-order valence-electron chi connectivity index (χ1n) is 13.3. The molecule has 3 heterocycles. The van der Waals surface area contributed by atoms with Gasteiger partial charge in [-0.1, -0.05) is 32.0 Å². The Morgan fingerprint density at radius 3 is 2.45 bits per heavy atom. The summed E-state index contributed by atoms with van der Waals surface area (Å²) < 4.78 is 37.4. The number of aliphatic hydroxyl groups excluding tert-OH is 1. The van der Waals surface area contributed by atoms with Gasteiger partial charge in [-0.25, -0.2) is 24.1 Å². The molecule has 0 radical (unpaired) electrons. The zero-order valence-electron chi connectivity index (χ0n) is 22.3. The first kappa shape index (κ1) is 27.9. The number of benzene rings is 2. The van der Waals surface area contributed by atoms with E-state index in [-0.39, 0.29) is 24.3 Å². The molecule has 214 valence electrons. The standard InChI is InChI=1S/C28H33F2N5O5/c1-16(2)24-33-26(40-34-24)35-11-9-27(10-12-35)28(29,30)14-20-13-19(7-8-22(20)39-27)17-3-5-18(6-4-17)25(38)32-21(15-36)23(31)37/h3-8,13,16,21,26,36H,9-12,14-15H2,1-2H3,(H2,31,37)(H,32,38)(H,33,34)/t21-,26?/m0/s1. The van der Waals surface area contributed by atoms with Gasteiger partial charge in [-0.05, 0) is 35.4 Å². The summed E-state index contributed by atoms with van der Waals surface area (Å²) in [6, 6.07) is 10.5. The molecular formula is C28H33F2N5O5. The van der Waals surface area contributed by atoms with Crippen molar-refractivity contribution in [3.8, 4) is 16.9 Å². The van der Waals surface area contributed by atoms with Crippen LogP contribution < -0.4 is 21.3 Å². The number of piperidine rings is 1. The molecule has 2 aromatic rings. The van der Waals surface area contributed by atoms with Crippen LogP contribution in [0.4, 0.5) is 8.78 Å². The van der Waals surface area contributed by atoms with Gasteiger partial charge in [0.1, 0.15) is 17.6 Å². The lowest BCUT2D eigenvalue weighted by Crippen LogP contribution is -2.62. The average Bonchev–Trinajstić information content (AvgIpc) is 3.43. The predicted molar refractivity (Wildman–Crippen MR) is 143 cm³/mol. The average molecular weight is 558 g/mol. The molecule has 3 aliphatic rings. The third-order valence-corrected chi connectivity index (χ3v) is 7.74. The number of likely N-dealkylation sites (tertiary alicyclic amines) is 1. The second kappa shape index (κ2) is 10.8. The van der Waals surface area contributed by atoms with Crippen molar-refractivity contribution in [3.05, 3.63) is 53.6 Å². The van der Waals surface area contributed by atoms with Crippen LogP contribution in [0.25, 0.3) is 11.1 Å². The van der Waals surface area contributed by atoms with E-state index in [1.807, 2.05) is 18.7 Å². The summed E-state index contributed by atoms with van der Waals surface area (Å²) >= 11 is 0. The number of nitrogens with one attached hydrogen (secondary N) is 2. The van der Waals surface area contributed by atoms with E-state index >= 15 is 8.78 Å². The van der Waals surface area contributed by atoms with Gasteiger partial charge in [0.2, 0.25) is 12.3 Å². The van der Waals surface area contributed by atoms with Crippen molar-refractivity contribution < 1.29 is 33.1 Å². The first-order chi connectivity index (χ1) is 19.0. The van der Waals surface area contributed by atoms with Gasteiger partial charge in [-0.3, -0.25) is 14.5 Å². The number of hydroxylamine groups is 1. The summed E-state index contributed by atoms with van der Waals surface area (Å²) in [6.07, 6.45) is -0.684. The fourth-order valence-corrected chi connectivity index (χ4v) is 5.23. The number of nitrogens with two attached hydrogens (primary N) is 1.